The highest BCUT2D eigenvalue weighted by Gasteiger charge is 2.46. The molecule has 0 saturated carbocycles. The number of nitrogens with one attached hydrogen (secondary N) is 1. The van der Waals surface area contributed by atoms with Crippen LogP contribution in [0.25, 0.3) is 0 Å². The van der Waals surface area contributed by atoms with Gasteiger partial charge in [0.1, 0.15) is 11.9 Å². The number of carbonyl (C=O) groups excluding carboxylic acids is 3. The standard InChI is InChI=1S/C22H17ClFN3O3S/c23-14-3-1-4-17(11-14)27-21(29)19(26(22(27)30)13-18-5-2-10-31-18)12-20(28)25-16-8-6-15(24)7-9-16/h1-11,19H,12-13H2,(H,25,28)/t19-/m0/s1. The number of halogens is 2. The molecular formula is C22H17ClFN3O3S. The van der Waals surface area contributed by atoms with Crippen molar-refractivity contribution in [1.82, 2.24) is 4.90 Å². The first-order chi connectivity index (χ1) is 14.9. The molecule has 1 atom stereocenters. The van der Waals surface area contributed by atoms with E-state index in [1.807, 2.05) is 17.5 Å². The lowest BCUT2D eigenvalue weighted by atomic mass is 10.1. The van der Waals surface area contributed by atoms with E-state index < -0.39 is 29.7 Å². The Balaban J connectivity index is 1.59. The van der Waals surface area contributed by atoms with Crippen molar-refractivity contribution in [1.29, 1.82) is 0 Å². The van der Waals surface area contributed by atoms with Crippen LogP contribution in [-0.4, -0.2) is 28.8 Å². The van der Waals surface area contributed by atoms with E-state index in [9.17, 15) is 18.8 Å². The minimum absolute atomic E-state index is 0.202. The molecule has 31 heavy (non-hydrogen) atoms. The summed E-state index contributed by atoms with van der Waals surface area (Å²) in [5.41, 5.74) is 0.750. The van der Waals surface area contributed by atoms with Crippen molar-refractivity contribution in [3.63, 3.8) is 0 Å². The third-order valence-corrected chi connectivity index (χ3v) is 5.89. The maximum atomic E-state index is 13.2. The van der Waals surface area contributed by atoms with Crippen molar-refractivity contribution in [3.05, 3.63) is 81.8 Å². The van der Waals surface area contributed by atoms with Crippen molar-refractivity contribution in [2.24, 2.45) is 0 Å². The van der Waals surface area contributed by atoms with Gasteiger partial charge in [0, 0.05) is 15.6 Å². The number of hydrogen-bond acceptors (Lipinski definition) is 4. The first-order valence-electron chi connectivity index (χ1n) is 9.40. The van der Waals surface area contributed by atoms with Crippen molar-refractivity contribution in [2.45, 2.75) is 19.0 Å². The summed E-state index contributed by atoms with van der Waals surface area (Å²) in [7, 11) is 0. The van der Waals surface area contributed by atoms with Gasteiger partial charge in [-0.1, -0.05) is 23.7 Å². The molecule has 0 bridgehead atoms. The average molecular weight is 458 g/mol. The maximum Gasteiger partial charge on any atom is 0.332 e. The van der Waals surface area contributed by atoms with Crippen LogP contribution in [-0.2, 0) is 16.1 Å². The van der Waals surface area contributed by atoms with Crippen LogP contribution >= 0.6 is 22.9 Å². The Morgan fingerprint density at radius 2 is 1.87 bits per heavy atom. The molecule has 4 amide bonds. The fourth-order valence-corrected chi connectivity index (χ4v) is 4.25. The number of rotatable bonds is 6. The van der Waals surface area contributed by atoms with Crippen LogP contribution in [0.2, 0.25) is 5.02 Å². The highest BCUT2D eigenvalue weighted by atomic mass is 35.5. The summed E-state index contributed by atoms with van der Waals surface area (Å²) in [6.45, 7) is 0.202. The van der Waals surface area contributed by atoms with Crippen molar-refractivity contribution < 1.29 is 18.8 Å². The van der Waals surface area contributed by atoms with Crippen molar-refractivity contribution >= 4 is 52.2 Å². The van der Waals surface area contributed by atoms with E-state index in [4.69, 9.17) is 11.6 Å². The SMILES string of the molecule is O=C(C[C@H]1C(=O)N(c2cccc(Cl)c2)C(=O)N1Cc1cccs1)Nc1ccc(F)cc1. The predicted octanol–water partition coefficient (Wildman–Crippen LogP) is 4.91. The Morgan fingerprint density at radius 1 is 1.10 bits per heavy atom. The molecule has 1 aromatic heterocycles. The minimum atomic E-state index is -0.978. The van der Waals surface area contributed by atoms with Gasteiger partial charge in [0.05, 0.1) is 18.7 Å². The number of imide groups is 1. The predicted molar refractivity (Wildman–Crippen MR) is 118 cm³/mol. The Hall–Kier alpha value is -3.23. The number of thiophene rings is 1. The maximum absolute atomic E-state index is 13.2. The van der Waals surface area contributed by atoms with Crippen LogP contribution < -0.4 is 10.2 Å². The molecule has 1 fully saturated rings. The minimum Gasteiger partial charge on any atom is -0.326 e. The fraction of sp³-hybridized carbons (Fsp3) is 0.136. The first-order valence-corrected chi connectivity index (χ1v) is 10.7. The van der Waals surface area contributed by atoms with Crippen LogP contribution in [0.1, 0.15) is 11.3 Å². The molecule has 2 heterocycles. The van der Waals surface area contributed by atoms with Gasteiger partial charge in [0.25, 0.3) is 5.91 Å². The average Bonchev–Trinajstić information content (AvgIpc) is 3.32. The Bertz CT molecular complexity index is 1120. The topological polar surface area (TPSA) is 69.7 Å². The van der Waals surface area contributed by atoms with Crippen LogP contribution in [0.4, 0.5) is 20.6 Å². The van der Waals surface area contributed by atoms with Gasteiger partial charge >= 0.3 is 6.03 Å². The molecular weight excluding hydrogens is 441 g/mol. The lowest BCUT2D eigenvalue weighted by Crippen LogP contribution is -2.37. The summed E-state index contributed by atoms with van der Waals surface area (Å²) in [6, 6.07) is 14.0. The van der Waals surface area contributed by atoms with Gasteiger partial charge < -0.3 is 10.2 Å². The summed E-state index contributed by atoms with van der Waals surface area (Å²) in [6.07, 6.45) is -0.232. The van der Waals surface area contributed by atoms with E-state index >= 15 is 0 Å². The molecule has 1 aliphatic rings. The number of carbonyl (C=O) groups is 3. The second kappa shape index (κ2) is 8.87. The molecule has 9 heteroatoms. The zero-order valence-corrected chi connectivity index (χ0v) is 17.7. The molecule has 0 radical (unpaired) electrons. The molecule has 3 aromatic rings. The quantitative estimate of drug-likeness (QED) is 0.535. The smallest absolute Gasteiger partial charge is 0.326 e. The van der Waals surface area contributed by atoms with Gasteiger partial charge in [0.2, 0.25) is 5.91 Å². The van der Waals surface area contributed by atoms with Crippen LogP contribution in [0.5, 0.6) is 0 Å². The van der Waals surface area contributed by atoms with Crippen LogP contribution in [0.3, 0.4) is 0 Å². The second-order valence-corrected chi connectivity index (χ2v) is 8.39. The van der Waals surface area contributed by atoms with Gasteiger partial charge in [-0.25, -0.2) is 14.1 Å². The lowest BCUT2D eigenvalue weighted by molar-refractivity contribution is -0.124. The van der Waals surface area contributed by atoms with Crippen molar-refractivity contribution in [3.8, 4) is 0 Å². The Kier molecular flexibility index (Phi) is 6.01. The molecule has 1 aliphatic heterocycles. The lowest BCUT2D eigenvalue weighted by Gasteiger charge is -2.21. The fourth-order valence-electron chi connectivity index (χ4n) is 3.36. The molecule has 1 N–H and O–H groups in total. The Morgan fingerprint density at radius 3 is 2.55 bits per heavy atom. The number of nitrogens with zero attached hydrogens (tertiary/aromatic N) is 2. The van der Waals surface area contributed by atoms with Crippen LogP contribution in [0.15, 0.2) is 66.0 Å². The Labute approximate surface area is 186 Å². The summed E-state index contributed by atoms with van der Waals surface area (Å²) < 4.78 is 13.1. The molecule has 1 saturated heterocycles. The van der Waals surface area contributed by atoms with Gasteiger partial charge in [-0.2, -0.15) is 0 Å². The number of hydrogen-bond donors (Lipinski definition) is 1. The number of amides is 4. The number of benzene rings is 2. The largest absolute Gasteiger partial charge is 0.332 e. The number of anilines is 2. The summed E-state index contributed by atoms with van der Waals surface area (Å²) >= 11 is 7.50. The van der Waals surface area contributed by atoms with E-state index in [0.717, 1.165) is 9.78 Å². The molecule has 6 nitrogen and oxygen atoms in total. The van der Waals surface area contributed by atoms with Gasteiger partial charge in [0.15, 0.2) is 0 Å². The molecule has 158 valence electrons. The van der Waals surface area contributed by atoms with E-state index in [1.165, 1.54) is 46.6 Å². The summed E-state index contributed by atoms with van der Waals surface area (Å²) in [5.74, 6) is -1.38. The molecule has 0 aliphatic carbocycles. The van der Waals surface area contributed by atoms with Gasteiger partial charge in [-0.05, 0) is 53.9 Å². The molecule has 4 rings (SSSR count). The van der Waals surface area contributed by atoms with E-state index in [0.29, 0.717) is 16.4 Å². The molecule has 2 aromatic carbocycles. The molecule has 0 unspecified atom stereocenters. The van der Waals surface area contributed by atoms with E-state index in [2.05, 4.69) is 5.32 Å². The highest BCUT2D eigenvalue weighted by Crippen LogP contribution is 2.30. The molecule has 0 spiro atoms. The second-order valence-electron chi connectivity index (χ2n) is 6.92. The van der Waals surface area contributed by atoms with Gasteiger partial charge in [-0.3, -0.25) is 9.59 Å². The van der Waals surface area contributed by atoms with E-state index in [-0.39, 0.29) is 13.0 Å². The summed E-state index contributed by atoms with van der Waals surface area (Å²) in [4.78, 5) is 42.3. The normalized spacial score (nSPS) is 16.1. The van der Waals surface area contributed by atoms with Crippen molar-refractivity contribution in [2.75, 3.05) is 10.2 Å². The highest BCUT2D eigenvalue weighted by molar-refractivity contribution is 7.09. The van der Waals surface area contributed by atoms with E-state index in [1.54, 1.807) is 18.2 Å². The third kappa shape index (κ3) is 4.60. The van der Waals surface area contributed by atoms with Gasteiger partial charge in [-0.15, -0.1) is 11.3 Å². The zero-order valence-electron chi connectivity index (χ0n) is 16.1. The first kappa shape index (κ1) is 21.0. The summed E-state index contributed by atoms with van der Waals surface area (Å²) in [5, 5.41) is 4.91. The van der Waals surface area contributed by atoms with Crippen LogP contribution in [0, 0.1) is 5.82 Å². The monoisotopic (exact) mass is 457 g/mol. The zero-order chi connectivity index (χ0) is 22.0. The third-order valence-electron chi connectivity index (χ3n) is 4.80. The number of urea groups is 1.